The summed E-state index contributed by atoms with van der Waals surface area (Å²) in [5.41, 5.74) is 9.77. The van der Waals surface area contributed by atoms with E-state index in [-0.39, 0.29) is 6.04 Å². The highest BCUT2D eigenvalue weighted by atomic mass is 32.1. The summed E-state index contributed by atoms with van der Waals surface area (Å²) in [6, 6.07) is 4.60. The minimum absolute atomic E-state index is 0.227. The molecule has 0 fully saturated rings. The number of aromatic nitrogens is 1. The van der Waals surface area contributed by atoms with E-state index < -0.39 is 0 Å². The van der Waals surface area contributed by atoms with Crippen molar-refractivity contribution in [2.24, 2.45) is 5.73 Å². The molecule has 0 aliphatic rings. The van der Waals surface area contributed by atoms with Crippen LogP contribution >= 0.6 is 11.3 Å². The van der Waals surface area contributed by atoms with Gasteiger partial charge in [0.1, 0.15) is 5.82 Å². The van der Waals surface area contributed by atoms with Crippen molar-refractivity contribution in [3.8, 4) is 0 Å². The Morgan fingerprint density at radius 1 is 1.40 bits per heavy atom. The van der Waals surface area contributed by atoms with Gasteiger partial charge in [-0.05, 0) is 53.3 Å². The Labute approximate surface area is 125 Å². The minimum Gasteiger partial charge on any atom is -0.355 e. The van der Waals surface area contributed by atoms with E-state index in [4.69, 9.17) is 5.73 Å². The van der Waals surface area contributed by atoms with Crippen LogP contribution in [0.15, 0.2) is 29.1 Å². The maximum absolute atomic E-state index is 6.01. The molecule has 108 valence electrons. The number of aryl methyl sites for hydroxylation is 1. The number of rotatable bonds is 6. The summed E-state index contributed by atoms with van der Waals surface area (Å²) >= 11 is 1.73. The van der Waals surface area contributed by atoms with Gasteiger partial charge in [-0.25, -0.2) is 4.98 Å². The zero-order valence-corrected chi connectivity index (χ0v) is 13.3. The van der Waals surface area contributed by atoms with Crippen LogP contribution in [0, 0.1) is 6.92 Å². The number of hydrogen-bond donors (Lipinski definition) is 1. The summed E-state index contributed by atoms with van der Waals surface area (Å²) in [5, 5.41) is 4.29. The lowest BCUT2D eigenvalue weighted by molar-refractivity contribution is 0.644. The monoisotopic (exact) mass is 289 g/mol. The van der Waals surface area contributed by atoms with Crippen molar-refractivity contribution in [1.29, 1.82) is 0 Å². The van der Waals surface area contributed by atoms with Crippen LogP contribution in [0.2, 0.25) is 0 Å². The molecule has 20 heavy (non-hydrogen) atoms. The predicted molar refractivity (Wildman–Crippen MR) is 87.4 cm³/mol. The van der Waals surface area contributed by atoms with Crippen molar-refractivity contribution < 1.29 is 0 Å². The molecule has 0 amide bonds. The summed E-state index contributed by atoms with van der Waals surface area (Å²) in [6.07, 6.45) is 3.86. The van der Waals surface area contributed by atoms with Gasteiger partial charge in [0.15, 0.2) is 0 Å². The zero-order chi connectivity index (χ0) is 14.5. The predicted octanol–water partition coefficient (Wildman–Crippen LogP) is 3.37. The van der Waals surface area contributed by atoms with Crippen molar-refractivity contribution in [2.75, 3.05) is 11.9 Å². The molecule has 0 saturated heterocycles. The van der Waals surface area contributed by atoms with Gasteiger partial charge in [0.25, 0.3) is 0 Å². The number of pyridine rings is 1. The van der Waals surface area contributed by atoms with Crippen LogP contribution < -0.4 is 10.6 Å². The third-order valence-corrected chi connectivity index (χ3v) is 4.22. The van der Waals surface area contributed by atoms with Crippen molar-refractivity contribution in [2.45, 2.75) is 39.3 Å². The van der Waals surface area contributed by atoms with Crippen LogP contribution in [0.25, 0.3) is 0 Å². The molecule has 0 bridgehead atoms. The summed E-state index contributed by atoms with van der Waals surface area (Å²) < 4.78 is 0. The summed E-state index contributed by atoms with van der Waals surface area (Å²) in [7, 11) is 2.09. The van der Waals surface area contributed by atoms with Gasteiger partial charge in [0.05, 0.1) is 0 Å². The molecule has 3 nitrogen and oxygen atoms in total. The van der Waals surface area contributed by atoms with E-state index in [0.29, 0.717) is 0 Å². The number of thiophene rings is 1. The zero-order valence-electron chi connectivity index (χ0n) is 12.5. The Hall–Kier alpha value is -1.39. The Balaban J connectivity index is 2.08. The largest absolute Gasteiger partial charge is 0.355 e. The first-order valence-electron chi connectivity index (χ1n) is 7.03. The molecule has 2 heterocycles. The fraction of sp³-hybridized carbons (Fsp3) is 0.438. The molecule has 0 aliphatic heterocycles. The van der Waals surface area contributed by atoms with E-state index in [2.05, 4.69) is 53.7 Å². The third kappa shape index (κ3) is 3.81. The van der Waals surface area contributed by atoms with Crippen molar-refractivity contribution in [1.82, 2.24) is 4.98 Å². The Kier molecular flexibility index (Phi) is 5.15. The average Bonchev–Trinajstić information content (AvgIpc) is 2.91. The quantitative estimate of drug-likeness (QED) is 0.886. The molecule has 0 radical (unpaired) electrons. The lowest BCUT2D eigenvalue weighted by Gasteiger charge is -2.20. The first-order chi connectivity index (χ1) is 9.60. The Morgan fingerprint density at radius 2 is 2.20 bits per heavy atom. The number of nitrogens with zero attached hydrogens (tertiary/aromatic N) is 2. The van der Waals surface area contributed by atoms with Gasteiger partial charge in [-0.3, -0.25) is 0 Å². The molecule has 0 saturated carbocycles. The third-order valence-electron chi connectivity index (χ3n) is 3.49. The second-order valence-electron chi connectivity index (χ2n) is 5.34. The highest BCUT2D eigenvalue weighted by Gasteiger charge is 2.09. The fourth-order valence-corrected chi connectivity index (χ4v) is 2.98. The van der Waals surface area contributed by atoms with Gasteiger partial charge in [-0.15, -0.1) is 0 Å². The van der Waals surface area contributed by atoms with E-state index >= 15 is 0 Å². The van der Waals surface area contributed by atoms with Crippen LogP contribution in [0.1, 0.15) is 30.0 Å². The molecule has 0 aliphatic carbocycles. The molecule has 0 aromatic carbocycles. The summed E-state index contributed by atoms with van der Waals surface area (Å²) in [5.74, 6) is 1.05. The lowest BCUT2D eigenvalue weighted by Crippen LogP contribution is -2.22. The number of nitrogens with two attached hydrogens (primary N) is 1. The first kappa shape index (κ1) is 15.0. The Morgan fingerprint density at radius 3 is 2.80 bits per heavy atom. The molecule has 2 aromatic heterocycles. The number of anilines is 1. The van der Waals surface area contributed by atoms with Crippen LogP contribution in [-0.2, 0) is 13.0 Å². The van der Waals surface area contributed by atoms with E-state index in [1.54, 1.807) is 11.3 Å². The maximum atomic E-state index is 6.01. The second-order valence-corrected chi connectivity index (χ2v) is 6.12. The molecule has 0 spiro atoms. The van der Waals surface area contributed by atoms with Crippen molar-refractivity contribution >= 4 is 17.2 Å². The van der Waals surface area contributed by atoms with E-state index in [0.717, 1.165) is 25.2 Å². The first-order valence-corrected chi connectivity index (χ1v) is 7.97. The topological polar surface area (TPSA) is 42.1 Å². The standard InChI is InChI=1S/C16H23N3S/c1-4-15(17)8-14-7-12(2)16(18-9-14)19(3)10-13-5-6-20-11-13/h5-7,9,11,15H,4,8,10,17H2,1-3H3. The fourth-order valence-electron chi connectivity index (χ4n) is 2.32. The molecule has 2 aromatic rings. The molecule has 2 N–H and O–H groups in total. The van der Waals surface area contributed by atoms with Gasteiger partial charge in [0.2, 0.25) is 0 Å². The highest BCUT2D eigenvalue weighted by Crippen LogP contribution is 2.20. The summed E-state index contributed by atoms with van der Waals surface area (Å²) in [4.78, 5) is 6.82. The van der Waals surface area contributed by atoms with Crippen molar-refractivity contribution in [3.05, 3.63) is 45.8 Å². The second kappa shape index (κ2) is 6.86. The molecule has 1 unspecified atom stereocenters. The van der Waals surface area contributed by atoms with Crippen LogP contribution in [0.4, 0.5) is 5.82 Å². The van der Waals surface area contributed by atoms with E-state index in [9.17, 15) is 0 Å². The average molecular weight is 289 g/mol. The molecular weight excluding hydrogens is 266 g/mol. The molecule has 1 atom stereocenters. The van der Waals surface area contributed by atoms with Gasteiger partial charge < -0.3 is 10.6 Å². The highest BCUT2D eigenvalue weighted by molar-refractivity contribution is 7.07. The van der Waals surface area contributed by atoms with Gasteiger partial charge >= 0.3 is 0 Å². The van der Waals surface area contributed by atoms with Crippen LogP contribution in [0.3, 0.4) is 0 Å². The van der Waals surface area contributed by atoms with Crippen molar-refractivity contribution in [3.63, 3.8) is 0 Å². The molecule has 2 rings (SSSR count). The minimum atomic E-state index is 0.227. The number of hydrogen-bond acceptors (Lipinski definition) is 4. The van der Waals surface area contributed by atoms with Gasteiger partial charge in [-0.2, -0.15) is 11.3 Å². The van der Waals surface area contributed by atoms with E-state index in [1.807, 2.05) is 6.20 Å². The SMILES string of the molecule is CCC(N)Cc1cnc(N(C)Cc2ccsc2)c(C)c1. The Bertz CT molecular complexity index is 537. The van der Waals surface area contributed by atoms with Crippen LogP contribution in [0.5, 0.6) is 0 Å². The van der Waals surface area contributed by atoms with Crippen LogP contribution in [-0.4, -0.2) is 18.1 Å². The molecule has 4 heteroatoms. The smallest absolute Gasteiger partial charge is 0.131 e. The van der Waals surface area contributed by atoms with E-state index in [1.165, 1.54) is 16.7 Å². The molecular formula is C16H23N3S. The normalized spacial score (nSPS) is 12.4. The summed E-state index contributed by atoms with van der Waals surface area (Å²) in [6.45, 7) is 5.13. The maximum Gasteiger partial charge on any atom is 0.131 e. The van der Waals surface area contributed by atoms with Gasteiger partial charge in [-0.1, -0.05) is 13.0 Å². The lowest BCUT2D eigenvalue weighted by atomic mass is 10.0. The van der Waals surface area contributed by atoms with Gasteiger partial charge in [0, 0.05) is 25.8 Å².